The fourth-order valence-electron chi connectivity index (χ4n) is 3.11. The van der Waals surface area contributed by atoms with Crippen molar-refractivity contribution in [3.63, 3.8) is 0 Å². The van der Waals surface area contributed by atoms with Crippen molar-refractivity contribution in [2.45, 2.75) is 37.5 Å². The first-order valence-corrected chi connectivity index (χ1v) is 10.2. The minimum absolute atomic E-state index is 0.0101. The topological polar surface area (TPSA) is 95.0 Å². The van der Waals surface area contributed by atoms with Crippen molar-refractivity contribution in [3.05, 3.63) is 29.8 Å². The van der Waals surface area contributed by atoms with E-state index in [2.05, 4.69) is 0 Å². The molecule has 0 bridgehead atoms. The molecule has 1 aliphatic rings. The Bertz CT molecular complexity index is 745. The molecule has 1 aromatic rings. The SMILES string of the molecule is Cc1ccc(S(=O)(=O)N2CCCC(C(=O)N(C)CCCC(=O)O)C2)cc1. The Labute approximate surface area is 154 Å². The van der Waals surface area contributed by atoms with Crippen LogP contribution in [0.2, 0.25) is 0 Å². The van der Waals surface area contributed by atoms with E-state index >= 15 is 0 Å². The zero-order chi connectivity index (χ0) is 19.3. The third kappa shape index (κ3) is 5.04. The number of carbonyl (C=O) groups is 2. The van der Waals surface area contributed by atoms with Crippen LogP contribution in [0.25, 0.3) is 0 Å². The number of hydrogen-bond acceptors (Lipinski definition) is 4. The van der Waals surface area contributed by atoms with Gasteiger partial charge in [0.2, 0.25) is 15.9 Å². The summed E-state index contributed by atoms with van der Waals surface area (Å²) in [5.41, 5.74) is 0.985. The number of carbonyl (C=O) groups excluding carboxylic acids is 1. The third-order valence-electron chi connectivity index (χ3n) is 4.65. The number of benzene rings is 1. The zero-order valence-corrected chi connectivity index (χ0v) is 16.0. The molecule has 1 N–H and O–H groups in total. The number of nitrogens with zero attached hydrogens (tertiary/aromatic N) is 2. The van der Waals surface area contributed by atoms with Gasteiger partial charge in [0.1, 0.15) is 0 Å². The van der Waals surface area contributed by atoms with Gasteiger partial charge in [-0.3, -0.25) is 9.59 Å². The van der Waals surface area contributed by atoms with Crippen molar-refractivity contribution in [1.29, 1.82) is 0 Å². The van der Waals surface area contributed by atoms with Gasteiger partial charge in [-0.05, 0) is 38.3 Å². The van der Waals surface area contributed by atoms with E-state index in [-0.39, 0.29) is 29.7 Å². The van der Waals surface area contributed by atoms with E-state index in [4.69, 9.17) is 5.11 Å². The molecular formula is C18H26N2O5S. The third-order valence-corrected chi connectivity index (χ3v) is 6.53. The molecule has 0 aliphatic carbocycles. The molecular weight excluding hydrogens is 356 g/mol. The van der Waals surface area contributed by atoms with Crippen LogP contribution >= 0.6 is 0 Å². The van der Waals surface area contributed by atoms with Crippen LogP contribution < -0.4 is 0 Å². The van der Waals surface area contributed by atoms with Gasteiger partial charge in [-0.1, -0.05) is 17.7 Å². The normalized spacial score (nSPS) is 18.5. The second-order valence-electron chi connectivity index (χ2n) is 6.77. The standard InChI is InChI=1S/C18H26N2O5S/c1-14-7-9-16(10-8-14)26(24,25)20-12-3-5-15(13-20)18(23)19(2)11-4-6-17(21)22/h7-10,15H,3-6,11-13H2,1-2H3,(H,21,22). The van der Waals surface area contributed by atoms with Crippen molar-refractivity contribution in [2.75, 3.05) is 26.7 Å². The average molecular weight is 382 g/mol. The molecule has 1 aliphatic heterocycles. The summed E-state index contributed by atoms with van der Waals surface area (Å²) in [6.07, 6.45) is 1.67. The molecule has 0 spiro atoms. The van der Waals surface area contributed by atoms with Crippen LogP contribution in [0.4, 0.5) is 0 Å². The molecule has 2 rings (SSSR count). The van der Waals surface area contributed by atoms with Gasteiger partial charge in [-0.25, -0.2) is 8.42 Å². The molecule has 1 saturated heterocycles. The van der Waals surface area contributed by atoms with E-state index in [0.717, 1.165) is 5.56 Å². The molecule has 1 fully saturated rings. The second kappa shape index (κ2) is 8.64. The highest BCUT2D eigenvalue weighted by atomic mass is 32.2. The Kier molecular flexibility index (Phi) is 6.77. The minimum atomic E-state index is -3.61. The summed E-state index contributed by atoms with van der Waals surface area (Å²) in [5.74, 6) is -1.41. The van der Waals surface area contributed by atoms with Gasteiger partial charge in [0, 0.05) is 33.1 Å². The number of aliphatic carboxylic acids is 1. The number of rotatable bonds is 7. The number of carboxylic acid groups (broad SMARTS) is 1. The van der Waals surface area contributed by atoms with Crippen molar-refractivity contribution in [2.24, 2.45) is 5.92 Å². The van der Waals surface area contributed by atoms with Gasteiger partial charge in [-0.15, -0.1) is 0 Å². The minimum Gasteiger partial charge on any atom is -0.481 e. The number of piperidine rings is 1. The zero-order valence-electron chi connectivity index (χ0n) is 15.2. The first-order chi connectivity index (χ1) is 12.2. The van der Waals surface area contributed by atoms with Gasteiger partial charge in [0.15, 0.2) is 0 Å². The van der Waals surface area contributed by atoms with Crippen LogP contribution in [-0.4, -0.2) is 61.3 Å². The van der Waals surface area contributed by atoms with Gasteiger partial charge in [-0.2, -0.15) is 4.31 Å². The van der Waals surface area contributed by atoms with Gasteiger partial charge in [0.25, 0.3) is 0 Å². The molecule has 0 aromatic heterocycles. The first-order valence-electron chi connectivity index (χ1n) is 8.75. The van der Waals surface area contributed by atoms with E-state index in [1.807, 2.05) is 6.92 Å². The maximum atomic E-state index is 12.8. The molecule has 1 amide bonds. The van der Waals surface area contributed by atoms with E-state index in [1.165, 1.54) is 9.21 Å². The van der Waals surface area contributed by atoms with Crippen molar-refractivity contribution in [1.82, 2.24) is 9.21 Å². The molecule has 8 heteroatoms. The van der Waals surface area contributed by atoms with Crippen LogP contribution in [0.5, 0.6) is 0 Å². The van der Waals surface area contributed by atoms with Crippen molar-refractivity contribution < 1.29 is 23.1 Å². The summed E-state index contributed by atoms with van der Waals surface area (Å²) in [6.45, 7) is 2.82. The molecule has 26 heavy (non-hydrogen) atoms. The Hall–Kier alpha value is -1.93. The van der Waals surface area contributed by atoms with Crippen LogP contribution in [0.15, 0.2) is 29.2 Å². The summed E-state index contributed by atoms with van der Waals surface area (Å²) < 4.78 is 27.0. The van der Waals surface area contributed by atoms with Gasteiger partial charge >= 0.3 is 5.97 Å². The lowest BCUT2D eigenvalue weighted by atomic mass is 9.98. The lowest BCUT2D eigenvalue weighted by Crippen LogP contribution is -2.46. The van der Waals surface area contributed by atoms with Crippen LogP contribution in [0, 0.1) is 12.8 Å². The number of hydrogen-bond donors (Lipinski definition) is 1. The highest BCUT2D eigenvalue weighted by Gasteiger charge is 2.34. The van der Waals surface area contributed by atoms with E-state index < -0.39 is 16.0 Å². The predicted octanol–water partition coefficient (Wildman–Crippen LogP) is 1.72. The fraction of sp³-hybridized carbons (Fsp3) is 0.556. The van der Waals surface area contributed by atoms with Crippen LogP contribution in [0.1, 0.15) is 31.2 Å². The Balaban J connectivity index is 2.02. The Morgan fingerprint density at radius 3 is 2.54 bits per heavy atom. The number of sulfonamides is 1. The molecule has 7 nitrogen and oxygen atoms in total. The number of carboxylic acids is 1. The number of aryl methyl sites for hydroxylation is 1. The van der Waals surface area contributed by atoms with Gasteiger partial charge < -0.3 is 10.0 Å². The molecule has 1 atom stereocenters. The number of amides is 1. The largest absolute Gasteiger partial charge is 0.481 e. The summed E-state index contributed by atoms with van der Waals surface area (Å²) in [5, 5.41) is 8.69. The molecule has 1 unspecified atom stereocenters. The van der Waals surface area contributed by atoms with E-state index in [0.29, 0.717) is 32.4 Å². The van der Waals surface area contributed by atoms with Gasteiger partial charge in [0.05, 0.1) is 10.8 Å². The highest BCUT2D eigenvalue weighted by Crippen LogP contribution is 2.25. The van der Waals surface area contributed by atoms with Crippen LogP contribution in [0.3, 0.4) is 0 Å². The monoisotopic (exact) mass is 382 g/mol. The average Bonchev–Trinajstić information content (AvgIpc) is 2.61. The first kappa shape index (κ1) is 20.4. The lowest BCUT2D eigenvalue weighted by Gasteiger charge is -2.33. The quantitative estimate of drug-likeness (QED) is 0.775. The molecule has 1 heterocycles. The summed E-state index contributed by atoms with van der Waals surface area (Å²) in [7, 11) is -1.98. The second-order valence-corrected chi connectivity index (χ2v) is 8.71. The summed E-state index contributed by atoms with van der Waals surface area (Å²) >= 11 is 0. The fourth-order valence-corrected chi connectivity index (χ4v) is 4.63. The molecule has 1 aromatic carbocycles. The predicted molar refractivity (Wildman–Crippen MR) is 97.2 cm³/mol. The summed E-state index contributed by atoms with van der Waals surface area (Å²) in [6, 6.07) is 6.70. The Morgan fingerprint density at radius 1 is 1.27 bits per heavy atom. The maximum Gasteiger partial charge on any atom is 0.303 e. The molecule has 144 valence electrons. The molecule has 0 radical (unpaired) electrons. The van der Waals surface area contributed by atoms with Crippen LogP contribution in [-0.2, 0) is 19.6 Å². The van der Waals surface area contributed by atoms with Crippen molar-refractivity contribution in [3.8, 4) is 0 Å². The van der Waals surface area contributed by atoms with E-state index in [9.17, 15) is 18.0 Å². The summed E-state index contributed by atoms with van der Waals surface area (Å²) in [4.78, 5) is 24.9. The maximum absolute atomic E-state index is 12.8. The molecule has 0 saturated carbocycles. The lowest BCUT2D eigenvalue weighted by molar-refractivity contribution is -0.139. The Morgan fingerprint density at radius 2 is 1.92 bits per heavy atom. The smallest absolute Gasteiger partial charge is 0.303 e. The van der Waals surface area contributed by atoms with Crippen molar-refractivity contribution >= 4 is 21.9 Å². The highest BCUT2D eigenvalue weighted by molar-refractivity contribution is 7.89. The van der Waals surface area contributed by atoms with E-state index in [1.54, 1.807) is 31.3 Å².